The molecule has 4 nitrogen and oxygen atoms in total. The van der Waals surface area contributed by atoms with Crippen molar-refractivity contribution in [1.82, 2.24) is 10.3 Å². The van der Waals surface area contributed by atoms with Crippen LogP contribution in [0.15, 0.2) is 24.5 Å². The number of aliphatic hydroxyl groups is 1. The lowest BCUT2D eigenvalue weighted by molar-refractivity contribution is -0.116. The highest BCUT2D eigenvalue weighted by Crippen LogP contribution is 2.15. The van der Waals surface area contributed by atoms with Crippen LogP contribution in [-0.2, 0) is 4.79 Å². The number of aliphatic hydroxyl groups excluding tert-OH is 1. The van der Waals surface area contributed by atoms with Crippen LogP contribution in [0.25, 0.3) is 0 Å². The molecule has 2 N–H and O–H groups in total. The van der Waals surface area contributed by atoms with Gasteiger partial charge in [-0.15, -0.1) is 0 Å². The van der Waals surface area contributed by atoms with Gasteiger partial charge in [-0.2, -0.15) is 0 Å². The Hall–Kier alpha value is -1.26. The van der Waals surface area contributed by atoms with Gasteiger partial charge in [0.15, 0.2) is 0 Å². The third kappa shape index (κ3) is 5.00. The molecule has 1 aromatic heterocycles. The minimum atomic E-state index is -0.465. The average Bonchev–Trinajstić information content (AvgIpc) is 2.29. The summed E-state index contributed by atoms with van der Waals surface area (Å²) < 4.78 is 0. The monoisotopic (exact) mass is 222 g/mol. The normalized spacial score (nSPS) is 12.4. The molecule has 0 saturated carbocycles. The molecule has 0 bridgehead atoms. The largest absolute Gasteiger partial charge is 0.388 e. The van der Waals surface area contributed by atoms with Crippen LogP contribution >= 0.6 is 0 Å². The van der Waals surface area contributed by atoms with E-state index in [-0.39, 0.29) is 5.78 Å². The van der Waals surface area contributed by atoms with Crippen molar-refractivity contribution in [3.8, 4) is 0 Å². The molecule has 0 unspecified atom stereocenters. The summed E-state index contributed by atoms with van der Waals surface area (Å²) >= 11 is 0. The fraction of sp³-hybridized carbons (Fsp3) is 0.500. The van der Waals surface area contributed by atoms with Crippen LogP contribution in [-0.4, -0.2) is 29.0 Å². The first-order chi connectivity index (χ1) is 7.70. The van der Waals surface area contributed by atoms with Crippen LogP contribution in [0.5, 0.6) is 0 Å². The molecule has 1 atom stereocenters. The molecular weight excluding hydrogens is 204 g/mol. The molecule has 88 valence electrons. The van der Waals surface area contributed by atoms with Crippen molar-refractivity contribution >= 4 is 5.78 Å². The van der Waals surface area contributed by atoms with Crippen LogP contribution in [0.3, 0.4) is 0 Å². The molecule has 1 heterocycles. The molecule has 0 aliphatic carbocycles. The fourth-order valence-corrected chi connectivity index (χ4v) is 1.42. The number of carbonyl (C=O) groups excluding carboxylic acids is 1. The highest BCUT2D eigenvalue weighted by molar-refractivity contribution is 5.77. The maximum atomic E-state index is 10.6. The summed E-state index contributed by atoms with van der Waals surface area (Å²) in [6.45, 7) is 2.71. The van der Waals surface area contributed by atoms with Gasteiger partial charge in [0.25, 0.3) is 0 Å². The van der Waals surface area contributed by atoms with E-state index < -0.39 is 6.10 Å². The molecule has 0 fully saturated rings. The molecule has 4 heteroatoms. The van der Waals surface area contributed by atoms with Gasteiger partial charge in [0, 0.05) is 12.4 Å². The van der Waals surface area contributed by atoms with Gasteiger partial charge >= 0.3 is 0 Å². The summed E-state index contributed by atoms with van der Waals surface area (Å²) in [4.78, 5) is 14.6. The van der Waals surface area contributed by atoms with Gasteiger partial charge in [-0.1, -0.05) is 6.07 Å². The summed E-state index contributed by atoms with van der Waals surface area (Å²) in [6, 6.07) is 3.67. The number of rotatable bonds is 7. The first-order valence-electron chi connectivity index (χ1n) is 5.48. The highest BCUT2D eigenvalue weighted by Gasteiger charge is 2.06. The first-order valence-corrected chi connectivity index (χ1v) is 5.48. The minimum Gasteiger partial charge on any atom is -0.388 e. The summed E-state index contributed by atoms with van der Waals surface area (Å²) in [5.74, 6) is 0.132. The third-order valence-electron chi connectivity index (χ3n) is 2.27. The molecule has 1 aromatic rings. The lowest BCUT2D eigenvalue weighted by Crippen LogP contribution is -2.22. The molecular formula is C12H18N2O2. The molecule has 0 aliphatic heterocycles. The van der Waals surface area contributed by atoms with E-state index in [1.54, 1.807) is 19.3 Å². The van der Waals surface area contributed by atoms with Gasteiger partial charge in [-0.3, -0.25) is 9.78 Å². The lowest BCUT2D eigenvalue weighted by atomic mass is 10.1. The van der Waals surface area contributed by atoms with Crippen molar-refractivity contribution in [1.29, 1.82) is 0 Å². The molecule has 1 rings (SSSR count). The number of pyridine rings is 1. The Morgan fingerprint density at radius 2 is 2.44 bits per heavy atom. The van der Waals surface area contributed by atoms with Crippen LogP contribution in [0.1, 0.15) is 31.4 Å². The van der Waals surface area contributed by atoms with Crippen LogP contribution in [0.4, 0.5) is 0 Å². The Kier molecular flexibility index (Phi) is 5.67. The zero-order valence-electron chi connectivity index (χ0n) is 9.52. The molecule has 0 spiro atoms. The number of hydrogen-bond donors (Lipinski definition) is 2. The average molecular weight is 222 g/mol. The first kappa shape index (κ1) is 12.8. The van der Waals surface area contributed by atoms with Gasteiger partial charge in [0.2, 0.25) is 0 Å². The van der Waals surface area contributed by atoms with E-state index in [1.165, 1.54) is 0 Å². The zero-order valence-corrected chi connectivity index (χ0v) is 9.52. The smallest absolute Gasteiger partial charge is 0.143 e. The molecule has 0 saturated heterocycles. The number of aromatic nitrogens is 1. The van der Waals surface area contributed by atoms with Crippen LogP contribution in [0.2, 0.25) is 0 Å². The van der Waals surface area contributed by atoms with E-state index in [4.69, 9.17) is 0 Å². The Labute approximate surface area is 95.7 Å². The molecule has 0 radical (unpaired) electrons. The van der Waals surface area contributed by atoms with Crippen molar-refractivity contribution in [3.63, 3.8) is 0 Å². The predicted octanol–water partition coefficient (Wildman–Crippen LogP) is 1.07. The summed E-state index contributed by atoms with van der Waals surface area (Å²) in [5.41, 5.74) is 0.842. The Morgan fingerprint density at radius 3 is 3.06 bits per heavy atom. The number of carbonyl (C=O) groups is 1. The predicted molar refractivity (Wildman–Crippen MR) is 62.0 cm³/mol. The minimum absolute atomic E-state index is 0.132. The maximum absolute atomic E-state index is 10.6. The molecule has 16 heavy (non-hydrogen) atoms. The Morgan fingerprint density at radius 1 is 1.62 bits per heavy atom. The highest BCUT2D eigenvalue weighted by atomic mass is 16.3. The molecule has 0 aliphatic rings. The van der Waals surface area contributed by atoms with Gasteiger partial charge in [0.1, 0.15) is 5.78 Å². The van der Waals surface area contributed by atoms with E-state index in [0.29, 0.717) is 13.0 Å². The number of Topliss-reactive ketones (excluding diaryl/α,β-unsaturated/α-hetero) is 1. The third-order valence-corrected chi connectivity index (χ3v) is 2.27. The molecule has 0 amide bonds. The summed E-state index contributed by atoms with van der Waals surface area (Å²) in [6.07, 6.45) is 4.41. The van der Waals surface area contributed by atoms with E-state index in [0.717, 1.165) is 18.5 Å². The lowest BCUT2D eigenvalue weighted by Gasteiger charge is -2.10. The van der Waals surface area contributed by atoms with Crippen LogP contribution < -0.4 is 5.32 Å². The molecule has 0 aromatic carbocycles. The van der Waals surface area contributed by atoms with Gasteiger partial charge in [0.05, 0.1) is 12.6 Å². The van der Waals surface area contributed by atoms with Crippen molar-refractivity contribution in [2.75, 3.05) is 13.1 Å². The Balaban J connectivity index is 2.16. The van der Waals surface area contributed by atoms with Crippen molar-refractivity contribution in [2.24, 2.45) is 0 Å². The fourth-order valence-electron chi connectivity index (χ4n) is 1.42. The van der Waals surface area contributed by atoms with Crippen molar-refractivity contribution < 1.29 is 9.90 Å². The van der Waals surface area contributed by atoms with Crippen LogP contribution in [0, 0.1) is 0 Å². The Bertz CT molecular complexity index is 314. The second-order valence-corrected chi connectivity index (χ2v) is 3.82. The zero-order chi connectivity index (χ0) is 11.8. The second kappa shape index (κ2) is 7.09. The summed E-state index contributed by atoms with van der Waals surface area (Å²) in [5, 5.41) is 12.8. The van der Waals surface area contributed by atoms with E-state index >= 15 is 0 Å². The van der Waals surface area contributed by atoms with E-state index in [2.05, 4.69) is 10.3 Å². The maximum Gasteiger partial charge on any atom is 0.143 e. The topological polar surface area (TPSA) is 62.2 Å². The standard InChI is InChI=1S/C12H18N2O2/c1-10(15)8-13-7-3-5-12(16)11-4-2-6-14-9-11/h2,4,6,9,12-13,16H,3,5,7-8H2,1H3/t12-/m1/s1. The second-order valence-electron chi connectivity index (χ2n) is 3.82. The number of nitrogens with zero attached hydrogens (tertiary/aromatic N) is 1. The van der Waals surface area contributed by atoms with Gasteiger partial charge < -0.3 is 10.4 Å². The summed E-state index contributed by atoms with van der Waals surface area (Å²) in [7, 11) is 0. The van der Waals surface area contributed by atoms with Gasteiger partial charge in [-0.25, -0.2) is 0 Å². The number of hydrogen-bond acceptors (Lipinski definition) is 4. The number of ketones is 1. The van der Waals surface area contributed by atoms with Crippen molar-refractivity contribution in [3.05, 3.63) is 30.1 Å². The van der Waals surface area contributed by atoms with E-state index in [9.17, 15) is 9.90 Å². The quantitative estimate of drug-likeness (QED) is 0.677. The van der Waals surface area contributed by atoms with Crippen molar-refractivity contribution in [2.45, 2.75) is 25.9 Å². The SMILES string of the molecule is CC(=O)CNCCC[C@@H](O)c1cccnc1. The van der Waals surface area contributed by atoms with Gasteiger partial charge in [-0.05, 0) is 37.9 Å². The number of nitrogens with one attached hydrogen (secondary N) is 1. The van der Waals surface area contributed by atoms with E-state index in [1.807, 2.05) is 12.1 Å².